The Balaban J connectivity index is 1.92. The van der Waals surface area contributed by atoms with Crippen molar-refractivity contribution in [2.75, 3.05) is 0 Å². The average molecular weight is 374 g/mol. The molecule has 0 heterocycles. The van der Waals surface area contributed by atoms with Gasteiger partial charge in [-0.25, -0.2) is 0 Å². The van der Waals surface area contributed by atoms with Crippen molar-refractivity contribution in [1.82, 2.24) is 0 Å². The number of Topliss-reactive ketones (excluding diaryl/α,β-unsaturated/α-hetero) is 1. The minimum Gasteiger partial charge on any atom is -0.294 e. The van der Waals surface area contributed by atoms with E-state index in [9.17, 15) is 4.79 Å². The van der Waals surface area contributed by atoms with E-state index in [-0.39, 0.29) is 5.78 Å². The standard InChI is InChI=1S/C15H18Br2O/c16-12-7-8-14(17)13(10-12)15(18)9-6-11-4-2-1-3-5-11/h7-8,10-11H,1-6,9H2. The van der Waals surface area contributed by atoms with Gasteiger partial charge in [0, 0.05) is 20.9 Å². The number of hydrogen-bond donors (Lipinski definition) is 0. The highest BCUT2D eigenvalue weighted by atomic mass is 79.9. The number of ketones is 1. The monoisotopic (exact) mass is 372 g/mol. The zero-order valence-electron chi connectivity index (χ0n) is 10.4. The largest absolute Gasteiger partial charge is 0.294 e. The highest BCUT2D eigenvalue weighted by molar-refractivity contribution is 9.11. The lowest BCUT2D eigenvalue weighted by Crippen LogP contribution is -2.09. The first-order valence-corrected chi connectivity index (χ1v) is 8.23. The zero-order valence-corrected chi connectivity index (χ0v) is 13.6. The Morgan fingerprint density at radius 3 is 2.61 bits per heavy atom. The highest BCUT2D eigenvalue weighted by Gasteiger charge is 2.16. The Morgan fingerprint density at radius 1 is 1.17 bits per heavy atom. The summed E-state index contributed by atoms with van der Waals surface area (Å²) in [5.74, 6) is 1.03. The van der Waals surface area contributed by atoms with Gasteiger partial charge in [-0.2, -0.15) is 0 Å². The predicted octanol–water partition coefficient (Wildman–Crippen LogP) is 5.75. The van der Waals surface area contributed by atoms with Gasteiger partial charge in [0.05, 0.1) is 0 Å². The van der Waals surface area contributed by atoms with Crippen LogP contribution in [0.5, 0.6) is 0 Å². The molecular weight excluding hydrogens is 356 g/mol. The van der Waals surface area contributed by atoms with Crippen molar-refractivity contribution in [3.8, 4) is 0 Å². The normalized spacial score (nSPS) is 16.8. The molecule has 1 aliphatic rings. The Bertz CT molecular complexity index is 423. The Kier molecular flexibility index (Phi) is 5.43. The summed E-state index contributed by atoms with van der Waals surface area (Å²) in [5.41, 5.74) is 0.806. The van der Waals surface area contributed by atoms with Crippen molar-refractivity contribution in [3.05, 3.63) is 32.7 Å². The first-order chi connectivity index (χ1) is 8.66. The molecule has 1 aromatic carbocycles. The molecule has 0 bridgehead atoms. The number of benzene rings is 1. The van der Waals surface area contributed by atoms with Crippen LogP contribution in [0, 0.1) is 5.92 Å². The lowest BCUT2D eigenvalue weighted by Gasteiger charge is -2.21. The molecule has 0 radical (unpaired) electrons. The SMILES string of the molecule is O=C(CCC1CCCCC1)c1cc(Br)ccc1Br. The van der Waals surface area contributed by atoms with E-state index in [1.165, 1.54) is 32.1 Å². The van der Waals surface area contributed by atoms with Gasteiger partial charge in [0.1, 0.15) is 0 Å². The second kappa shape index (κ2) is 6.85. The Labute approximate surface area is 126 Å². The molecule has 1 nitrogen and oxygen atoms in total. The van der Waals surface area contributed by atoms with Crippen LogP contribution in [0.1, 0.15) is 55.3 Å². The Morgan fingerprint density at radius 2 is 1.89 bits per heavy atom. The van der Waals surface area contributed by atoms with E-state index in [1.807, 2.05) is 18.2 Å². The average Bonchev–Trinajstić information content (AvgIpc) is 2.40. The molecule has 98 valence electrons. The van der Waals surface area contributed by atoms with Crippen LogP contribution in [-0.4, -0.2) is 5.78 Å². The minimum absolute atomic E-state index is 0.258. The molecule has 2 rings (SSSR count). The van der Waals surface area contributed by atoms with E-state index in [0.717, 1.165) is 26.8 Å². The first-order valence-electron chi connectivity index (χ1n) is 6.65. The number of carbonyl (C=O) groups excluding carboxylic acids is 1. The topological polar surface area (TPSA) is 17.1 Å². The zero-order chi connectivity index (χ0) is 13.0. The molecule has 1 aliphatic carbocycles. The van der Waals surface area contributed by atoms with Crippen molar-refractivity contribution in [3.63, 3.8) is 0 Å². The van der Waals surface area contributed by atoms with Crippen molar-refractivity contribution >= 4 is 37.6 Å². The van der Waals surface area contributed by atoms with Gasteiger partial charge in [-0.15, -0.1) is 0 Å². The van der Waals surface area contributed by atoms with Gasteiger partial charge < -0.3 is 0 Å². The molecule has 0 saturated heterocycles. The lowest BCUT2D eigenvalue weighted by molar-refractivity contribution is 0.0969. The fourth-order valence-corrected chi connectivity index (χ4v) is 3.49. The quantitative estimate of drug-likeness (QED) is 0.613. The maximum atomic E-state index is 12.2. The van der Waals surface area contributed by atoms with Crippen LogP contribution in [-0.2, 0) is 0 Å². The third kappa shape index (κ3) is 3.92. The summed E-state index contributed by atoms with van der Waals surface area (Å²) >= 11 is 6.87. The second-order valence-electron chi connectivity index (χ2n) is 5.09. The molecule has 1 fully saturated rings. The van der Waals surface area contributed by atoms with E-state index in [4.69, 9.17) is 0 Å². The van der Waals surface area contributed by atoms with Gasteiger partial charge in [-0.1, -0.05) is 64.0 Å². The van der Waals surface area contributed by atoms with Crippen molar-refractivity contribution in [2.24, 2.45) is 5.92 Å². The second-order valence-corrected chi connectivity index (χ2v) is 6.86. The molecule has 1 saturated carbocycles. The minimum atomic E-state index is 0.258. The molecule has 0 N–H and O–H groups in total. The van der Waals surface area contributed by atoms with Crippen LogP contribution in [0.25, 0.3) is 0 Å². The summed E-state index contributed by atoms with van der Waals surface area (Å²) < 4.78 is 1.87. The van der Waals surface area contributed by atoms with E-state index in [0.29, 0.717) is 6.42 Å². The maximum Gasteiger partial charge on any atom is 0.164 e. The van der Waals surface area contributed by atoms with Crippen LogP contribution < -0.4 is 0 Å². The van der Waals surface area contributed by atoms with Crippen molar-refractivity contribution in [2.45, 2.75) is 44.9 Å². The molecule has 18 heavy (non-hydrogen) atoms. The molecule has 0 unspecified atom stereocenters. The fourth-order valence-electron chi connectivity index (χ4n) is 2.66. The van der Waals surface area contributed by atoms with Gasteiger partial charge in [-0.3, -0.25) is 4.79 Å². The third-order valence-electron chi connectivity index (χ3n) is 3.73. The highest BCUT2D eigenvalue weighted by Crippen LogP contribution is 2.29. The van der Waals surface area contributed by atoms with E-state index >= 15 is 0 Å². The number of halogens is 2. The van der Waals surface area contributed by atoms with Gasteiger partial charge in [0.2, 0.25) is 0 Å². The smallest absolute Gasteiger partial charge is 0.164 e. The molecule has 0 aliphatic heterocycles. The van der Waals surface area contributed by atoms with Crippen LogP contribution in [0.3, 0.4) is 0 Å². The van der Waals surface area contributed by atoms with Crippen molar-refractivity contribution in [1.29, 1.82) is 0 Å². The molecule has 0 aromatic heterocycles. The van der Waals surface area contributed by atoms with Crippen LogP contribution in [0.15, 0.2) is 27.1 Å². The van der Waals surface area contributed by atoms with Crippen LogP contribution in [0.4, 0.5) is 0 Å². The van der Waals surface area contributed by atoms with Gasteiger partial charge >= 0.3 is 0 Å². The maximum absolute atomic E-state index is 12.2. The van der Waals surface area contributed by atoms with E-state index in [1.54, 1.807) is 0 Å². The summed E-state index contributed by atoms with van der Waals surface area (Å²) in [4.78, 5) is 12.2. The van der Waals surface area contributed by atoms with Crippen molar-refractivity contribution < 1.29 is 4.79 Å². The van der Waals surface area contributed by atoms with Gasteiger partial charge in [0.25, 0.3) is 0 Å². The van der Waals surface area contributed by atoms with E-state index < -0.39 is 0 Å². The molecule has 0 amide bonds. The lowest BCUT2D eigenvalue weighted by atomic mass is 9.85. The molecule has 3 heteroatoms. The van der Waals surface area contributed by atoms with Gasteiger partial charge in [0.15, 0.2) is 5.78 Å². The summed E-state index contributed by atoms with van der Waals surface area (Å²) in [6.45, 7) is 0. The molecule has 0 atom stereocenters. The molecule has 0 spiro atoms. The molecular formula is C15H18Br2O. The number of hydrogen-bond acceptors (Lipinski definition) is 1. The summed E-state index contributed by atoms with van der Waals surface area (Å²) in [6.07, 6.45) is 8.43. The fraction of sp³-hybridized carbons (Fsp3) is 0.533. The summed E-state index contributed by atoms with van der Waals surface area (Å²) in [7, 11) is 0. The Hall–Kier alpha value is -0.150. The first kappa shape index (κ1) is 14.3. The van der Waals surface area contributed by atoms with Crippen LogP contribution >= 0.6 is 31.9 Å². The van der Waals surface area contributed by atoms with Crippen LogP contribution in [0.2, 0.25) is 0 Å². The third-order valence-corrected chi connectivity index (χ3v) is 4.92. The number of carbonyl (C=O) groups is 1. The summed E-state index contributed by atoms with van der Waals surface area (Å²) in [6, 6.07) is 5.78. The number of rotatable bonds is 4. The molecule has 1 aromatic rings. The van der Waals surface area contributed by atoms with Gasteiger partial charge in [-0.05, 0) is 30.5 Å². The predicted molar refractivity (Wildman–Crippen MR) is 82.0 cm³/mol. The summed E-state index contributed by atoms with van der Waals surface area (Å²) in [5, 5.41) is 0. The van der Waals surface area contributed by atoms with E-state index in [2.05, 4.69) is 31.9 Å².